The molecule has 1 fully saturated rings. The molecule has 0 bridgehead atoms. The van der Waals surface area contributed by atoms with Crippen LogP contribution in [0, 0.1) is 0 Å². The molecule has 16 heavy (non-hydrogen) atoms. The van der Waals surface area contributed by atoms with Crippen molar-refractivity contribution in [1.29, 1.82) is 0 Å². The van der Waals surface area contributed by atoms with Gasteiger partial charge in [0.1, 0.15) is 0 Å². The Labute approximate surface area is 100 Å². The van der Waals surface area contributed by atoms with Crippen LogP contribution < -0.4 is 0 Å². The molecule has 0 saturated heterocycles. The number of hydrogen-bond donors (Lipinski definition) is 1. The van der Waals surface area contributed by atoms with E-state index in [-0.39, 0.29) is 0 Å². The lowest BCUT2D eigenvalue weighted by molar-refractivity contribution is 0.316. The van der Waals surface area contributed by atoms with Crippen molar-refractivity contribution in [3.8, 4) is 0 Å². The first-order valence-electron chi connectivity index (χ1n) is 5.47. The molecular formula is C13H14ClNO. The van der Waals surface area contributed by atoms with E-state index in [2.05, 4.69) is 11.2 Å². The van der Waals surface area contributed by atoms with Gasteiger partial charge in [-0.2, -0.15) is 0 Å². The summed E-state index contributed by atoms with van der Waals surface area (Å²) in [6.45, 7) is 0. The summed E-state index contributed by atoms with van der Waals surface area (Å²) in [5.74, 6) is 0. The minimum atomic E-state index is 0.738. The molecule has 1 aliphatic carbocycles. The van der Waals surface area contributed by atoms with Gasteiger partial charge in [0.15, 0.2) is 0 Å². The number of hydrogen-bond acceptors (Lipinski definition) is 2. The zero-order chi connectivity index (χ0) is 11.4. The van der Waals surface area contributed by atoms with Gasteiger partial charge in [-0.1, -0.05) is 28.9 Å². The first-order valence-corrected chi connectivity index (χ1v) is 5.85. The monoisotopic (exact) mass is 235 g/mol. The largest absolute Gasteiger partial charge is 0.411 e. The van der Waals surface area contributed by atoms with Crippen molar-refractivity contribution < 1.29 is 5.21 Å². The van der Waals surface area contributed by atoms with Gasteiger partial charge in [-0.05, 0) is 55.0 Å². The average Bonchev–Trinajstić information content (AvgIpc) is 2.33. The Bertz CT molecular complexity index is 420. The Morgan fingerprint density at radius 3 is 2.50 bits per heavy atom. The zero-order valence-electron chi connectivity index (χ0n) is 8.99. The number of oxime groups is 1. The van der Waals surface area contributed by atoms with E-state index in [1.165, 1.54) is 6.42 Å². The summed E-state index contributed by atoms with van der Waals surface area (Å²) in [5, 5.41) is 13.0. The maximum atomic E-state index is 8.91. The lowest BCUT2D eigenvalue weighted by atomic mass is 9.91. The Morgan fingerprint density at radius 1 is 1.12 bits per heavy atom. The van der Waals surface area contributed by atoms with Gasteiger partial charge in [0.2, 0.25) is 0 Å². The van der Waals surface area contributed by atoms with Crippen LogP contribution in [0.1, 0.15) is 31.2 Å². The molecule has 2 nitrogen and oxygen atoms in total. The molecule has 1 aliphatic rings. The van der Waals surface area contributed by atoms with E-state index in [4.69, 9.17) is 16.8 Å². The van der Waals surface area contributed by atoms with Crippen LogP contribution in [0.5, 0.6) is 0 Å². The highest BCUT2D eigenvalue weighted by molar-refractivity contribution is 6.30. The van der Waals surface area contributed by atoms with E-state index in [0.717, 1.165) is 41.1 Å². The summed E-state index contributed by atoms with van der Waals surface area (Å²) in [4.78, 5) is 0. The normalized spacial score (nSPS) is 21.6. The number of rotatable bonds is 1. The van der Waals surface area contributed by atoms with E-state index in [9.17, 15) is 0 Å². The second kappa shape index (κ2) is 5.17. The molecule has 0 spiro atoms. The number of benzene rings is 1. The fourth-order valence-corrected chi connectivity index (χ4v) is 2.07. The molecule has 1 aromatic rings. The van der Waals surface area contributed by atoms with Crippen molar-refractivity contribution in [2.75, 3.05) is 0 Å². The summed E-state index contributed by atoms with van der Waals surface area (Å²) in [6, 6.07) is 7.68. The van der Waals surface area contributed by atoms with Crippen LogP contribution >= 0.6 is 11.6 Å². The molecule has 0 unspecified atom stereocenters. The second-order valence-corrected chi connectivity index (χ2v) is 4.41. The third-order valence-corrected chi connectivity index (χ3v) is 3.06. The van der Waals surface area contributed by atoms with E-state index >= 15 is 0 Å². The molecule has 0 heterocycles. The molecule has 0 aliphatic heterocycles. The molecule has 1 N–H and O–H groups in total. The van der Waals surface area contributed by atoms with Crippen molar-refractivity contribution in [1.82, 2.24) is 0 Å². The number of nitrogens with zero attached hydrogens (tertiary/aromatic N) is 1. The maximum Gasteiger partial charge on any atom is 0.0827 e. The highest BCUT2D eigenvalue weighted by atomic mass is 35.5. The Hall–Kier alpha value is -1.28. The molecule has 2 rings (SSSR count). The van der Waals surface area contributed by atoms with Crippen LogP contribution in [-0.2, 0) is 0 Å². The van der Waals surface area contributed by atoms with Gasteiger partial charge >= 0.3 is 0 Å². The van der Waals surface area contributed by atoms with Crippen molar-refractivity contribution in [3.63, 3.8) is 0 Å². The Balaban J connectivity index is 2.25. The molecule has 0 amide bonds. The smallest absolute Gasteiger partial charge is 0.0827 e. The highest BCUT2D eigenvalue weighted by Crippen LogP contribution is 2.23. The maximum absolute atomic E-state index is 8.91. The van der Waals surface area contributed by atoms with Crippen LogP contribution in [0.3, 0.4) is 0 Å². The summed E-state index contributed by atoms with van der Waals surface area (Å²) >= 11 is 5.83. The topological polar surface area (TPSA) is 32.6 Å². The molecular weight excluding hydrogens is 222 g/mol. The van der Waals surface area contributed by atoms with Gasteiger partial charge in [-0.25, -0.2) is 0 Å². The van der Waals surface area contributed by atoms with Crippen molar-refractivity contribution in [2.45, 2.75) is 25.7 Å². The van der Waals surface area contributed by atoms with E-state index in [1.807, 2.05) is 24.3 Å². The van der Waals surface area contributed by atoms with Crippen LogP contribution in [0.25, 0.3) is 6.08 Å². The third kappa shape index (κ3) is 2.64. The van der Waals surface area contributed by atoms with Crippen LogP contribution in [0.2, 0.25) is 5.02 Å². The number of halogens is 1. The predicted octanol–water partition coefficient (Wildman–Crippen LogP) is 4.13. The summed E-state index contributed by atoms with van der Waals surface area (Å²) < 4.78 is 0. The van der Waals surface area contributed by atoms with Gasteiger partial charge in [0, 0.05) is 5.02 Å². The standard InChI is InChI=1S/C13H14ClNO/c14-12-7-5-10(6-8-12)9-11-3-1-2-4-13(11)15-16/h5-9,16H,1-4H2/b11-9-,15-13+. The zero-order valence-corrected chi connectivity index (χ0v) is 9.74. The average molecular weight is 236 g/mol. The first kappa shape index (κ1) is 11.2. The lowest BCUT2D eigenvalue weighted by Crippen LogP contribution is -2.08. The first-order chi connectivity index (χ1) is 7.79. The molecule has 84 valence electrons. The highest BCUT2D eigenvalue weighted by Gasteiger charge is 2.13. The second-order valence-electron chi connectivity index (χ2n) is 3.97. The van der Waals surface area contributed by atoms with Crippen molar-refractivity contribution >= 4 is 23.4 Å². The minimum Gasteiger partial charge on any atom is -0.411 e. The summed E-state index contributed by atoms with van der Waals surface area (Å²) in [7, 11) is 0. The Kier molecular flexibility index (Phi) is 3.62. The van der Waals surface area contributed by atoms with E-state index in [0.29, 0.717) is 0 Å². The van der Waals surface area contributed by atoms with E-state index in [1.54, 1.807) is 0 Å². The van der Waals surface area contributed by atoms with Gasteiger partial charge in [-0.15, -0.1) is 0 Å². The SMILES string of the molecule is O/N=C1\CCCC\C1=C\c1ccc(Cl)cc1. The van der Waals surface area contributed by atoms with E-state index < -0.39 is 0 Å². The van der Waals surface area contributed by atoms with Gasteiger partial charge in [-0.3, -0.25) is 0 Å². The van der Waals surface area contributed by atoms with Crippen molar-refractivity contribution in [3.05, 3.63) is 40.4 Å². The van der Waals surface area contributed by atoms with Gasteiger partial charge in [0.05, 0.1) is 5.71 Å². The number of allylic oxidation sites excluding steroid dienone is 1. The third-order valence-electron chi connectivity index (χ3n) is 2.81. The van der Waals surface area contributed by atoms with Crippen LogP contribution in [0.4, 0.5) is 0 Å². The predicted molar refractivity (Wildman–Crippen MR) is 67.1 cm³/mol. The fraction of sp³-hybridized carbons (Fsp3) is 0.308. The minimum absolute atomic E-state index is 0.738. The molecule has 0 radical (unpaired) electrons. The summed E-state index contributed by atoms with van der Waals surface area (Å²) in [5.41, 5.74) is 3.06. The lowest BCUT2D eigenvalue weighted by Gasteiger charge is -2.15. The molecule has 3 heteroatoms. The molecule has 0 aromatic heterocycles. The quantitative estimate of drug-likeness (QED) is 0.576. The molecule has 1 aromatic carbocycles. The Morgan fingerprint density at radius 2 is 1.81 bits per heavy atom. The van der Waals surface area contributed by atoms with Crippen LogP contribution in [0.15, 0.2) is 35.0 Å². The van der Waals surface area contributed by atoms with Gasteiger partial charge < -0.3 is 5.21 Å². The molecule has 1 saturated carbocycles. The van der Waals surface area contributed by atoms with Crippen molar-refractivity contribution in [2.24, 2.45) is 5.16 Å². The molecule has 0 atom stereocenters. The fourth-order valence-electron chi connectivity index (χ4n) is 1.94. The van der Waals surface area contributed by atoms with Gasteiger partial charge in [0.25, 0.3) is 0 Å². The summed E-state index contributed by atoms with van der Waals surface area (Å²) in [6.07, 6.45) is 6.21. The van der Waals surface area contributed by atoms with Crippen LogP contribution in [-0.4, -0.2) is 10.9 Å².